The molecule has 0 saturated heterocycles. The van der Waals surface area contributed by atoms with Crippen LogP contribution in [-0.2, 0) is 27.1 Å². The molecule has 0 aliphatic carbocycles. The summed E-state index contributed by atoms with van der Waals surface area (Å²) >= 11 is 0. The van der Waals surface area contributed by atoms with Gasteiger partial charge in [-0.3, -0.25) is 0 Å². The van der Waals surface area contributed by atoms with Crippen molar-refractivity contribution in [3.8, 4) is 56.5 Å². The van der Waals surface area contributed by atoms with Crippen LogP contribution in [0, 0.1) is 11.3 Å². The minimum atomic E-state index is -0.332. The Bertz CT molecular complexity index is 6650. The Balaban J connectivity index is 0.946. The van der Waals surface area contributed by atoms with Crippen LogP contribution in [0.4, 0.5) is 34.1 Å². The summed E-state index contributed by atoms with van der Waals surface area (Å²) in [4.78, 5) is 5.34. The number of hydrogen-bond donors (Lipinski definition) is 0. The maximum atomic E-state index is 10.5. The normalized spacial score (nSPS) is 13.2. The quantitative estimate of drug-likeness (QED) is 0.142. The fourth-order valence-electron chi connectivity index (χ4n) is 18.1. The summed E-state index contributed by atoms with van der Waals surface area (Å²) in [5, 5.41) is 17.5. The third kappa shape index (κ3) is 11.3. The molecular weight excluding hydrogens is 1360 g/mol. The molecule has 14 aromatic carbocycles. The van der Waals surface area contributed by atoms with E-state index in [0.717, 1.165) is 123 Å². The second-order valence-corrected chi connectivity index (χ2v) is 36.6. The Morgan fingerprint density at radius 2 is 0.688 bits per heavy atom. The van der Waals surface area contributed by atoms with E-state index in [9.17, 15) is 5.26 Å². The third-order valence-electron chi connectivity index (χ3n) is 24.2. The summed E-state index contributed by atoms with van der Waals surface area (Å²) in [5.74, 6) is 0. The molecule has 2 aliphatic heterocycles. The smallest absolute Gasteiger partial charge is 0.252 e. The zero-order valence-corrected chi connectivity index (χ0v) is 67.0. The largest absolute Gasteiger partial charge is 0.311 e. The molecule has 0 radical (unpaired) electrons. The first-order chi connectivity index (χ1) is 53.7. The second kappa shape index (κ2) is 25.3. The molecule has 19 rings (SSSR count). The van der Waals surface area contributed by atoms with E-state index in [1.807, 2.05) is 6.07 Å². The van der Waals surface area contributed by atoms with Crippen LogP contribution >= 0.6 is 0 Å². The van der Waals surface area contributed by atoms with Gasteiger partial charge in [-0.25, -0.2) is 0 Å². The Labute approximate surface area is 659 Å². The van der Waals surface area contributed by atoms with Crippen LogP contribution in [-0.4, -0.2) is 20.4 Å². The van der Waals surface area contributed by atoms with Crippen molar-refractivity contribution >= 4 is 123 Å². The summed E-state index contributed by atoms with van der Waals surface area (Å²) in [6, 6.07) is 113. The second-order valence-electron chi connectivity index (χ2n) is 36.6. The minimum absolute atomic E-state index is 0.0574. The molecule has 0 amide bonds. The van der Waals surface area contributed by atoms with Crippen molar-refractivity contribution in [2.75, 3.05) is 9.80 Å². The molecule has 7 heteroatoms. The number of para-hydroxylation sites is 3. The van der Waals surface area contributed by atoms with Gasteiger partial charge in [0.15, 0.2) is 0 Å². The predicted molar refractivity (Wildman–Crippen MR) is 478 cm³/mol. The molecule has 0 unspecified atom stereocenters. The van der Waals surface area contributed by atoms with Crippen molar-refractivity contribution in [1.82, 2.24) is 13.7 Å². The molecule has 0 atom stereocenters. The first kappa shape index (κ1) is 70.0. The van der Waals surface area contributed by atoms with Crippen molar-refractivity contribution in [3.05, 3.63) is 325 Å². The van der Waals surface area contributed by atoms with Crippen LogP contribution in [0.5, 0.6) is 0 Å². The summed E-state index contributed by atoms with van der Waals surface area (Å²) in [6.45, 7) is 34.7. The van der Waals surface area contributed by atoms with Crippen LogP contribution < -0.4 is 26.2 Å². The summed E-state index contributed by atoms with van der Waals surface area (Å²) in [7, 11) is 0. The highest BCUT2D eigenvalue weighted by Crippen LogP contribution is 2.53. The van der Waals surface area contributed by atoms with Gasteiger partial charge in [0.05, 0.1) is 56.1 Å². The van der Waals surface area contributed by atoms with Gasteiger partial charge in [0.2, 0.25) is 0 Å². The van der Waals surface area contributed by atoms with E-state index in [2.05, 4.69) is 419 Å². The number of anilines is 6. The lowest BCUT2D eigenvalue weighted by molar-refractivity contribution is 0.590. The lowest BCUT2D eigenvalue weighted by Gasteiger charge is -2.45. The molecule has 0 N–H and O–H groups in total. The molecule has 0 bridgehead atoms. The number of benzene rings is 14. The van der Waals surface area contributed by atoms with Crippen molar-refractivity contribution < 1.29 is 0 Å². The summed E-state index contributed by atoms with van der Waals surface area (Å²) < 4.78 is 7.57. The standard InChI is InChI=1S/C105H93BN6/c1-101(2,3)72-33-25-32-68(54-72)69-41-46-86-94(57-69)112(93-39-27-37-81-80-36-26-38-92(99(80)110(100(81)93)77-34-23-18-24-35-77)111-90-48-40-65(64-107)52-82(90)83-58-75(104(10,11)12)44-51-91(83)111)97-62-76(105(13,14)15)61-96-98(97)106(86)87-47-45-78(108-88-49-42-73(102(4,5)6)59-84(88)85-60-74(103(7,8)9)43-50-89(85)108)63-95(87)109(96)79-55-70(66-28-19-16-20-29-66)53-71(56-79)67-30-21-17-22-31-67/h16-63H,1-15H3. The molecule has 5 heterocycles. The van der Waals surface area contributed by atoms with Gasteiger partial charge >= 0.3 is 0 Å². The molecule has 112 heavy (non-hydrogen) atoms. The molecule has 0 fully saturated rings. The van der Waals surface area contributed by atoms with E-state index >= 15 is 0 Å². The maximum absolute atomic E-state index is 10.5. The molecule has 6 nitrogen and oxygen atoms in total. The average molecular weight is 1450 g/mol. The van der Waals surface area contributed by atoms with E-state index in [1.54, 1.807) is 0 Å². The number of nitrogens with zero attached hydrogens (tertiary/aromatic N) is 6. The molecule has 3 aromatic heterocycles. The topological polar surface area (TPSA) is 45.1 Å². The number of rotatable bonds is 8. The highest BCUT2D eigenvalue weighted by Gasteiger charge is 2.46. The van der Waals surface area contributed by atoms with Crippen LogP contribution in [0.15, 0.2) is 291 Å². The highest BCUT2D eigenvalue weighted by molar-refractivity contribution is 7.00. The van der Waals surface area contributed by atoms with E-state index in [0.29, 0.717) is 5.56 Å². The molecule has 0 saturated carbocycles. The average Bonchev–Trinajstić information content (AvgIpc) is 0.983. The van der Waals surface area contributed by atoms with Crippen molar-refractivity contribution in [3.63, 3.8) is 0 Å². The Hall–Kier alpha value is -12.4. The van der Waals surface area contributed by atoms with Crippen molar-refractivity contribution in [2.24, 2.45) is 0 Å². The lowest BCUT2D eigenvalue weighted by atomic mass is 9.33. The Morgan fingerprint density at radius 1 is 0.250 bits per heavy atom. The number of nitriles is 1. The lowest BCUT2D eigenvalue weighted by Crippen LogP contribution is -2.61. The minimum Gasteiger partial charge on any atom is -0.311 e. The first-order valence-corrected chi connectivity index (χ1v) is 39.8. The van der Waals surface area contributed by atoms with E-state index in [-0.39, 0.29) is 33.8 Å². The summed E-state index contributed by atoms with van der Waals surface area (Å²) in [6.07, 6.45) is 0. The van der Waals surface area contributed by atoms with Gasteiger partial charge in [-0.2, -0.15) is 5.26 Å². The molecule has 17 aromatic rings. The number of aromatic nitrogens is 3. The fourth-order valence-corrected chi connectivity index (χ4v) is 18.1. The van der Waals surface area contributed by atoms with Crippen LogP contribution in [0.3, 0.4) is 0 Å². The highest BCUT2D eigenvalue weighted by atomic mass is 15.2. The number of fused-ring (bicyclic) bond motifs is 13. The zero-order valence-electron chi connectivity index (χ0n) is 67.0. The Kier molecular flexibility index (Phi) is 15.8. The van der Waals surface area contributed by atoms with E-state index in [4.69, 9.17) is 0 Å². The van der Waals surface area contributed by atoms with Gasteiger partial charge in [0.1, 0.15) is 0 Å². The molecule has 546 valence electrons. The predicted octanol–water partition coefficient (Wildman–Crippen LogP) is 26.4. The summed E-state index contributed by atoms with van der Waals surface area (Å²) in [5.41, 5.74) is 33.6. The van der Waals surface area contributed by atoms with Gasteiger partial charge < -0.3 is 23.5 Å². The fraction of sp³-hybridized carbons (Fsp3) is 0.190. The monoisotopic (exact) mass is 1450 g/mol. The third-order valence-corrected chi connectivity index (χ3v) is 24.2. The SMILES string of the molecule is CC(C)(C)c1cccc(-c2ccc3c(c2)N(c2cccc4c5cccc(-n6c7ccc(C#N)cc7c7cc(C(C)(C)C)ccc76)c5n(-c5ccccc5)c24)c2cc(C(C)(C)C)cc4c2B3c2ccc(-n3c5ccc(C(C)(C)C)cc5c5cc(C(C)(C)C)ccc53)cc2N4c2cc(-c3ccccc3)cc(-c3ccccc3)c2)c1. The van der Waals surface area contributed by atoms with Crippen LogP contribution in [0.25, 0.3) is 116 Å². The van der Waals surface area contributed by atoms with Gasteiger partial charge in [-0.15, -0.1) is 0 Å². The van der Waals surface area contributed by atoms with Crippen molar-refractivity contribution in [2.45, 2.75) is 131 Å². The van der Waals surface area contributed by atoms with Crippen LogP contribution in [0.2, 0.25) is 0 Å². The molecule has 2 aliphatic rings. The van der Waals surface area contributed by atoms with Crippen LogP contribution in [0.1, 0.15) is 137 Å². The zero-order chi connectivity index (χ0) is 77.4. The van der Waals surface area contributed by atoms with E-state index < -0.39 is 0 Å². The first-order valence-electron chi connectivity index (χ1n) is 39.8. The Morgan fingerprint density at radius 3 is 1.22 bits per heavy atom. The van der Waals surface area contributed by atoms with Gasteiger partial charge in [0.25, 0.3) is 6.71 Å². The van der Waals surface area contributed by atoms with Gasteiger partial charge in [-0.1, -0.05) is 268 Å². The van der Waals surface area contributed by atoms with Crippen molar-refractivity contribution in [1.29, 1.82) is 5.26 Å². The maximum Gasteiger partial charge on any atom is 0.252 e. The van der Waals surface area contributed by atoms with E-state index in [1.165, 1.54) is 71.6 Å². The molecule has 0 spiro atoms. The number of hydrogen-bond acceptors (Lipinski definition) is 3. The van der Waals surface area contributed by atoms with Gasteiger partial charge in [0, 0.05) is 72.1 Å². The van der Waals surface area contributed by atoms with Gasteiger partial charge in [-0.05, 0) is 232 Å². The molecular formula is C105H93BN6.